The first-order valence-electron chi connectivity index (χ1n) is 10.1. The zero-order valence-corrected chi connectivity index (χ0v) is 17.1. The van der Waals surface area contributed by atoms with Crippen LogP contribution in [0.2, 0.25) is 0 Å². The quantitative estimate of drug-likeness (QED) is 0.627. The second kappa shape index (κ2) is 10.2. The molecule has 0 bridgehead atoms. The first-order valence-corrected chi connectivity index (χ1v) is 10.1. The van der Waals surface area contributed by atoms with Crippen molar-refractivity contribution in [1.29, 1.82) is 0 Å². The Morgan fingerprint density at radius 2 is 2.07 bits per heavy atom. The van der Waals surface area contributed by atoms with Crippen LogP contribution >= 0.6 is 0 Å². The van der Waals surface area contributed by atoms with Crippen LogP contribution in [0.25, 0.3) is 11.3 Å². The number of nitrogens with one attached hydrogen (secondary N) is 2. The monoisotopic (exact) mass is 417 g/mol. The van der Waals surface area contributed by atoms with Crippen molar-refractivity contribution < 1.29 is 19.1 Å². The van der Waals surface area contributed by atoms with Gasteiger partial charge in [-0.25, -0.2) is 9.18 Å². The largest absolute Gasteiger partial charge is 0.483 e. The van der Waals surface area contributed by atoms with Gasteiger partial charge in [0.05, 0.1) is 18.4 Å². The average molecular weight is 417 g/mol. The third-order valence-corrected chi connectivity index (χ3v) is 5.53. The van der Waals surface area contributed by atoms with Crippen LogP contribution in [0.3, 0.4) is 0 Å². The lowest BCUT2D eigenvalue weighted by molar-refractivity contribution is -0.122. The van der Waals surface area contributed by atoms with Gasteiger partial charge in [0.1, 0.15) is 5.82 Å². The Morgan fingerprint density at radius 1 is 1.37 bits per heavy atom. The van der Waals surface area contributed by atoms with Crippen LogP contribution in [-0.2, 0) is 11.3 Å². The fourth-order valence-electron chi connectivity index (χ4n) is 3.79. The van der Waals surface area contributed by atoms with Gasteiger partial charge in [-0.2, -0.15) is 5.10 Å². The molecular formula is C21H28FN5O3. The minimum Gasteiger partial charge on any atom is -0.483 e. The Kier molecular flexibility index (Phi) is 7.40. The summed E-state index contributed by atoms with van der Waals surface area (Å²) in [5.41, 5.74) is 2.56. The maximum atomic E-state index is 13.1. The number of carbonyl (C=O) groups excluding carboxylic acids is 1. The summed E-state index contributed by atoms with van der Waals surface area (Å²) in [5.74, 6) is 0.273. The first kappa shape index (κ1) is 21.8. The number of aromatic nitrogens is 2. The van der Waals surface area contributed by atoms with Crippen molar-refractivity contribution in [2.24, 2.45) is 5.92 Å². The molecule has 2 aliphatic rings. The van der Waals surface area contributed by atoms with Crippen molar-refractivity contribution in [3.8, 4) is 11.3 Å². The first-order chi connectivity index (χ1) is 14.5. The third-order valence-electron chi connectivity index (χ3n) is 5.53. The van der Waals surface area contributed by atoms with E-state index in [0.717, 1.165) is 48.9 Å². The number of carbonyl (C=O) groups is 2. The summed E-state index contributed by atoms with van der Waals surface area (Å²) in [4.78, 5) is 25.0. The van der Waals surface area contributed by atoms with E-state index >= 15 is 0 Å². The molecule has 1 saturated carbocycles. The Balaban J connectivity index is 0.000000806. The van der Waals surface area contributed by atoms with E-state index < -0.39 is 0 Å². The van der Waals surface area contributed by atoms with Crippen molar-refractivity contribution in [3.63, 3.8) is 0 Å². The maximum Gasteiger partial charge on any atom is 0.317 e. The highest BCUT2D eigenvalue weighted by atomic mass is 19.1. The lowest BCUT2D eigenvalue weighted by Crippen LogP contribution is -2.39. The molecule has 1 aromatic heterocycles. The lowest BCUT2D eigenvalue weighted by atomic mass is 10.1. The molecule has 2 amide bonds. The number of hydrogen-bond donors (Lipinski definition) is 3. The highest BCUT2D eigenvalue weighted by Gasteiger charge is 2.34. The van der Waals surface area contributed by atoms with E-state index in [1.165, 1.54) is 25.0 Å². The van der Waals surface area contributed by atoms with Crippen LogP contribution in [0.15, 0.2) is 30.5 Å². The lowest BCUT2D eigenvalue weighted by Gasteiger charge is -2.20. The predicted octanol–water partition coefficient (Wildman–Crippen LogP) is 2.54. The molecular weight excluding hydrogens is 389 g/mol. The molecule has 2 fully saturated rings. The second-order valence-corrected chi connectivity index (χ2v) is 7.81. The van der Waals surface area contributed by atoms with Gasteiger partial charge in [-0.05, 0) is 56.0 Å². The van der Waals surface area contributed by atoms with Gasteiger partial charge in [-0.15, -0.1) is 0 Å². The number of halogens is 1. The zero-order valence-electron chi connectivity index (χ0n) is 17.1. The summed E-state index contributed by atoms with van der Waals surface area (Å²) in [6, 6.07) is 6.98. The van der Waals surface area contributed by atoms with Crippen LogP contribution in [0, 0.1) is 11.7 Å². The van der Waals surface area contributed by atoms with Gasteiger partial charge < -0.3 is 20.2 Å². The van der Waals surface area contributed by atoms with Gasteiger partial charge in [0.15, 0.2) is 0 Å². The summed E-state index contributed by atoms with van der Waals surface area (Å²) in [5, 5.41) is 17.0. The van der Waals surface area contributed by atoms with E-state index in [4.69, 9.17) is 9.90 Å². The van der Waals surface area contributed by atoms with Gasteiger partial charge in [-0.1, -0.05) is 0 Å². The van der Waals surface area contributed by atoms with E-state index in [2.05, 4.69) is 20.4 Å². The molecule has 4 rings (SSSR count). The number of amides is 2. The fourth-order valence-corrected chi connectivity index (χ4v) is 3.79. The molecule has 1 unspecified atom stereocenters. The number of aromatic amines is 1. The Morgan fingerprint density at radius 3 is 2.73 bits per heavy atom. The smallest absolute Gasteiger partial charge is 0.317 e. The van der Waals surface area contributed by atoms with Crippen molar-refractivity contribution in [2.75, 3.05) is 26.7 Å². The maximum absolute atomic E-state index is 13.1. The Bertz CT molecular complexity index is 837. The van der Waals surface area contributed by atoms with E-state index in [1.807, 2.05) is 0 Å². The molecule has 1 aromatic carbocycles. The van der Waals surface area contributed by atoms with Gasteiger partial charge in [0, 0.05) is 37.3 Å². The van der Waals surface area contributed by atoms with Gasteiger partial charge in [0.2, 0.25) is 0 Å². The van der Waals surface area contributed by atoms with E-state index in [1.54, 1.807) is 30.3 Å². The summed E-state index contributed by atoms with van der Waals surface area (Å²) in [6.45, 7) is 3.18. The molecule has 9 heteroatoms. The molecule has 30 heavy (non-hydrogen) atoms. The van der Waals surface area contributed by atoms with Crippen LogP contribution in [0.5, 0.6) is 0 Å². The highest BCUT2D eigenvalue weighted by molar-refractivity contribution is 5.74. The van der Waals surface area contributed by atoms with E-state index in [0.29, 0.717) is 12.5 Å². The number of benzene rings is 1. The normalized spacial score (nSPS) is 18.4. The van der Waals surface area contributed by atoms with Crippen molar-refractivity contribution in [3.05, 3.63) is 41.8 Å². The van der Waals surface area contributed by atoms with E-state index in [9.17, 15) is 9.18 Å². The van der Waals surface area contributed by atoms with E-state index in [-0.39, 0.29) is 18.3 Å². The number of carboxylic acid groups (broad SMARTS) is 1. The highest BCUT2D eigenvalue weighted by Crippen LogP contribution is 2.31. The molecule has 162 valence electrons. The van der Waals surface area contributed by atoms with Crippen LogP contribution in [0.4, 0.5) is 9.18 Å². The zero-order chi connectivity index (χ0) is 21.5. The Labute approximate surface area is 175 Å². The standard InChI is InChI=1S/C20H26FN5O.CH2O2/c1-25(20(27)22-10-14-8-9-26(12-14)18-6-7-18)13-16-11-23-24-19(16)15-2-4-17(21)5-3-15;2-1-3/h2-5,11,14,18H,6-10,12-13H2,1H3,(H,22,27)(H,23,24);1H,(H,2,3). The minimum atomic E-state index is -0.275. The minimum absolute atomic E-state index is 0.0777. The molecule has 8 nitrogen and oxygen atoms in total. The molecule has 1 aliphatic carbocycles. The van der Waals surface area contributed by atoms with Crippen LogP contribution in [0.1, 0.15) is 24.8 Å². The number of hydrogen-bond acceptors (Lipinski definition) is 4. The van der Waals surface area contributed by atoms with Gasteiger partial charge >= 0.3 is 6.03 Å². The van der Waals surface area contributed by atoms with Gasteiger partial charge in [-0.3, -0.25) is 9.89 Å². The fraction of sp³-hybridized carbons (Fsp3) is 0.476. The number of urea groups is 1. The SMILES string of the molecule is CN(Cc1cn[nH]c1-c1ccc(F)cc1)C(=O)NCC1CCN(C2CC2)C1.O=CO. The molecule has 1 aliphatic heterocycles. The molecule has 2 aromatic rings. The summed E-state index contributed by atoms with van der Waals surface area (Å²) in [6.07, 6.45) is 5.55. The van der Waals surface area contributed by atoms with Gasteiger partial charge in [0.25, 0.3) is 6.47 Å². The van der Waals surface area contributed by atoms with Crippen molar-refractivity contribution in [1.82, 2.24) is 25.3 Å². The summed E-state index contributed by atoms with van der Waals surface area (Å²) in [7, 11) is 1.78. The summed E-state index contributed by atoms with van der Waals surface area (Å²) < 4.78 is 13.1. The Hall–Kier alpha value is -2.94. The number of nitrogens with zero attached hydrogens (tertiary/aromatic N) is 3. The topological polar surface area (TPSA) is 102 Å². The molecule has 0 spiro atoms. The third kappa shape index (κ3) is 5.79. The van der Waals surface area contributed by atoms with Crippen LogP contribution < -0.4 is 5.32 Å². The van der Waals surface area contributed by atoms with Crippen molar-refractivity contribution >= 4 is 12.5 Å². The summed E-state index contributed by atoms with van der Waals surface area (Å²) >= 11 is 0. The molecule has 1 atom stereocenters. The van der Waals surface area contributed by atoms with Crippen LogP contribution in [-0.4, -0.2) is 70.3 Å². The number of likely N-dealkylation sites (tertiary alicyclic amines) is 1. The predicted molar refractivity (Wildman–Crippen MR) is 110 cm³/mol. The second-order valence-electron chi connectivity index (χ2n) is 7.81. The van der Waals surface area contributed by atoms with Crippen molar-refractivity contribution in [2.45, 2.75) is 31.8 Å². The molecule has 1 saturated heterocycles. The molecule has 3 N–H and O–H groups in total. The average Bonchev–Trinajstić information content (AvgIpc) is 3.30. The number of H-pyrrole nitrogens is 1. The molecule has 0 radical (unpaired) electrons. The molecule has 2 heterocycles. The number of rotatable bonds is 6.